The van der Waals surface area contributed by atoms with Gasteiger partial charge in [-0.1, -0.05) is 49.6 Å². The molecule has 2 heteroatoms. The molecule has 1 aromatic rings. The lowest BCUT2D eigenvalue weighted by molar-refractivity contribution is -0.136. The van der Waals surface area contributed by atoms with Gasteiger partial charge in [-0.3, -0.25) is 0 Å². The summed E-state index contributed by atoms with van der Waals surface area (Å²) in [6.45, 7) is 2.04. The molecule has 0 radical (unpaired) electrons. The summed E-state index contributed by atoms with van der Waals surface area (Å²) >= 11 is 0. The molecule has 2 rings (SSSR count). The van der Waals surface area contributed by atoms with Crippen LogP contribution in [-0.4, -0.2) is 13.1 Å². The van der Waals surface area contributed by atoms with E-state index in [0.29, 0.717) is 5.92 Å². The topological polar surface area (TPSA) is 26.3 Å². The van der Waals surface area contributed by atoms with Crippen molar-refractivity contribution in [2.24, 2.45) is 5.92 Å². The maximum absolute atomic E-state index is 12.1. The molecule has 1 fully saturated rings. The van der Waals surface area contributed by atoms with Crippen LogP contribution in [0.2, 0.25) is 0 Å². The van der Waals surface area contributed by atoms with E-state index in [-0.39, 0.29) is 5.97 Å². The molecule has 2 nitrogen and oxygen atoms in total. The molecule has 1 aliphatic carbocycles. The van der Waals surface area contributed by atoms with Crippen molar-refractivity contribution in [3.8, 4) is 0 Å². The Bertz CT molecular complexity index is 453. The van der Waals surface area contributed by atoms with Gasteiger partial charge < -0.3 is 4.74 Å². The third kappa shape index (κ3) is 3.25. The van der Waals surface area contributed by atoms with E-state index in [0.717, 1.165) is 29.6 Å². The van der Waals surface area contributed by atoms with Gasteiger partial charge >= 0.3 is 5.97 Å². The van der Waals surface area contributed by atoms with Gasteiger partial charge in [0.1, 0.15) is 0 Å². The van der Waals surface area contributed by atoms with Gasteiger partial charge in [-0.25, -0.2) is 4.79 Å². The van der Waals surface area contributed by atoms with Gasteiger partial charge in [0.15, 0.2) is 0 Å². The minimum Gasteiger partial charge on any atom is -0.466 e. The first-order valence-corrected chi connectivity index (χ1v) is 7.08. The summed E-state index contributed by atoms with van der Waals surface area (Å²) in [6, 6.07) is 10.1. The van der Waals surface area contributed by atoms with Crippen molar-refractivity contribution < 1.29 is 9.53 Å². The van der Waals surface area contributed by atoms with Crippen LogP contribution in [0, 0.1) is 5.92 Å². The fourth-order valence-corrected chi connectivity index (χ4v) is 2.97. The second kappa shape index (κ2) is 6.55. The maximum Gasteiger partial charge on any atom is 0.334 e. The van der Waals surface area contributed by atoms with E-state index < -0.39 is 0 Å². The minimum atomic E-state index is -0.159. The molecule has 1 aliphatic rings. The Morgan fingerprint density at radius 2 is 1.74 bits per heavy atom. The van der Waals surface area contributed by atoms with Gasteiger partial charge in [0.25, 0.3) is 0 Å². The molecule has 0 saturated heterocycles. The Hall–Kier alpha value is -1.57. The first-order valence-electron chi connectivity index (χ1n) is 7.08. The van der Waals surface area contributed by atoms with Gasteiger partial charge in [-0.05, 0) is 36.8 Å². The molecule has 0 aliphatic heterocycles. The lowest BCUT2D eigenvalue weighted by atomic mass is 9.81. The highest BCUT2D eigenvalue weighted by molar-refractivity contribution is 5.97. The van der Waals surface area contributed by atoms with Crippen molar-refractivity contribution in [3.63, 3.8) is 0 Å². The third-order valence-corrected chi connectivity index (χ3v) is 4.03. The van der Waals surface area contributed by atoms with Crippen LogP contribution in [0.1, 0.15) is 44.6 Å². The predicted octanol–water partition coefficient (Wildman–Crippen LogP) is 4.21. The zero-order valence-corrected chi connectivity index (χ0v) is 11.8. The summed E-state index contributed by atoms with van der Waals surface area (Å²) < 4.78 is 5.01. The Balaban J connectivity index is 2.38. The molecule has 0 unspecified atom stereocenters. The summed E-state index contributed by atoms with van der Waals surface area (Å²) in [5.74, 6) is 0.203. The van der Waals surface area contributed by atoms with E-state index in [2.05, 4.69) is 12.1 Å². The van der Waals surface area contributed by atoms with E-state index in [1.807, 2.05) is 25.1 Å². The van der Waals surface area contributed by atoms with Gasteiger partial charge in [0.05, 0.1) is 7.11 Å². The Morgan fingerprint density at radius 3 is 2.32 bits per heavy atom. The number of esters is 1. The molecule has 0 spiro atoms. The van der Waals surface area contributed by atoms with E-state index in [1.165, 1.54) is 26.4 Å². The summed E-state index contributed by atoms with van der Waals surface area (Å²) in [5.41, 5.74) is 3.07. The van der Waals surface area contributed by atoms with Crippen molar-refractivity contribution in [2.75, 3.05) is 7.11 Å². The number of carbonyl (C=O) groups is 1. The van der Waals surface area contributed by atoms with Crippen LogP contribution in [0.15, 0.2) is 35.9 Å². The fraction of sp³-hybridized carbons (Fsp3) is 0.471. The van der Waals surface area contributed by atoms with Crippen LogP contribution in [0.25, 0.3) is 5.57 Å². The van der Waals surface area contributed by atoms with Crippen molar-refractivity contribution in [3.05, 3.63) is 41.5 Å². The standard InChI is InChI=1S/C17H22O2/c1-13(14-9-5-3-6-10-14)16(17(18)19-2)15-11-7-4-8-12-15/h3,5-6,9-10,15H,4,7-8,11-12H2,1-2H3/b16-13-. The quantitative estimate of drug-likeness (QED) is 0.599. The molecule has 0 aromatic heterocycles. The predicted molar refractivity (Wildman–Crippen MR) is 77.6 cm³/mol. The average Bonchev–Trinajstić information content (AvgIpc) is 2.49. The number of allylic oxidation sites excluding steroid dienone is 1. The number of ether oxygens (including phenoxy) is 1. The van der Waals surface area contributed by atoms with E-state index in [4.69, 9.17) is 4.74 Å². The lowest BCUT2D eigenvalue weighted by Crippen LogP contribution is -2.18. The Morgan fingerprint density at radius 1 is 1.11 bits per heavy atom. The summed E-state index contributed by atoms with van der Waals surface area (Å²) in [7, 11) is 1.48. The van der Waals surface area contributed by atoms with E-state index in [1.54, 1.807) is 0 Å². The second-order valence-corrected chi connectivity index (χ2v) is 5.23. The molecular weight excluding hydrogens is 236 g/mol. The average molecular weight is 258 g/mol. The second-order valence-electron chi connectivity index (χ2n) is 5.23. The molecule has 0 bridgehead atoms. The summed E-state index contributed by atoms with van der Waals surface area (Å²) in [6.07, 6.45) is 5.93. The maximum atomic E-state index is 12.1. The highest BCUT2D eigenvalue weighted by Crippen LogP contribution is 2.34. The molecule has 0 N–H and O–H groups in total. The molecular formula is C17H22O2. The molecule has 1 saturated carbocycles. The zero-order chi connectivity index (χ0) is 13.7. The van der Waals surface area contributed by atoms with Crippen LogP contribution < -0.4 is 0 Å². The van der Waals surface area contributed by atoms with Crippen LogP contribution in [0.3, 0.4) is 0 Å². The molecule has 102 valence electrons. The summed E-state index contributed by atoms with van der Waals surface area (Å²) in [4.78, 5) is 12.1. The number of carbonyl (C=O) groups excluding carboxylic acids is 1. The van der Waals surface area contributed by atoms with Crippen LogP contribution in [0.4, 0.5) is 0 Å². The highest BCUT2D eigenvalue weighted by Gasteiger charge is 2.26. The Kier molecular flexibility index (Phi) is 4.78. The summed E-state index contributed by atoms with van der Waals surface area (Å²) in [5, 5.41) is 0. The number of hydrogen-bond donors (Lipinski definition) is 0. The van der Waals surface area contributed by atoms with E-state index in [9.17, 15) is 4.79 Å². The van der Waals surface area contributed by atoms with E-state index >= 15 is 0 Å². The Labute approximate surface area is 115 Å². The molecule has 1 aromatic carbocycles. The third-order valence-electron chi connectivity index (χ3n) is 4.03. The lowest BCUT2D eigenvalue weighted by Gasteiger charge is -2.25. The zero-order valence-electron chi connectivity index (χ0n) is 11.8. The fourth-order valence-electron chi connectivity index (χ4n) is 2.97. The molecule has 19 heavy (non-hydrogen) atoms. The smallest absolute Gasteiger partial charge is 0.334 e. The monoisotopic (exact) mass is 258 g/mol. The number of methoxy groups -OCH3 is 1. The van der Waals surface area contributed by atoms with Crippen molar-refractivity contribution in [1.82, 2.24) is 0 Å². The first-order chi connectivity index (χ1) is 9.24. The SMILES string of the molecule is COC(=O)/C(=C(/C)c1ccccc1)C1CCCCC1. The minimum absolute atomic E-state index is 0.159. The number of benzene rings is 1. The van der Waals surface area contributed by atoms with Crippen LogP contribution >= 0.6 is 0 Å². The number of rotatable bonds is 3. The van der Waals surface area contributed by atoms with Crippen molar-refractivity contribution in [2.45, 2.75) is 39.0 Å². The normalized spacial score (nSPS) is 17.8. The molecule has 0 atom stereocenters. The highest BCUT2D eigenvalue weighted by atomic mass is 16.5. The largest absolute Gasteiger partial charge is 0.466 e. The van der Waals surface area contributed by atoms with Gasteiger partial charge in [-0.15, -0.1) is 0 Å². The van der Waals surface area contributed by atoms with Gasteiger partial charge in [-0.2, -0.15) is 0 Å². The van der Waals surface area contributed by atoms with Crippen LogP contribution in [-0.2, 0) is 9.53 Å². The van der Waals surface area contributed by atoms with Crippen molar-refractivity contribution in [1.29, 1.82) is 0 Å². The van der Waals surface area contributed by atoms with Crippen LogP contribution in [0.5, 0.6) is 0 Å². The molecule has 0 amide bonds. The van der Waals surface area contributed by atoms with Gasteiger partial charge in [0.2, 0.25) is 0 Å². The molecule has 0 heterocycles. The number of hydrogen-bond acceptors (Lipinski definition) is 2. The first kappa shape index (κ1) is 13.9. The van der Waals surface area contributed by atoms with Gasteiger partial charge in [0, 0.05) is 5.57 Å². The van der Waals surface area contributed by atoms with Crippen molar-refractivity contribution >= 4 is 11.5 Å².